The van der Waals surface area contributed by atoms with E-state index >= 15 is 0 Å². The van der Waals surface area contributed by atoms with E-state index in [4.69, 9.17) is 0 Å². The lowest BCUT2D eigenvalue weighted by atomic mass is 10.0. The molecular formula is C12H13BrN2O. The number of nitrogens with zero attached hydrogens (tertiary/aromatic N) is 2. The monoisotopic (exact) mass is 280 g/mol. The Kier molecular flexibility index (Phi) is 3.10. The maximum atomic E-state index is 12.0. The Morgan fingerprint density at radius 1 is 1.38 bits per heavy atom. The summed E-state index contributed by atoms with van der Waals surface area (Å²) < 4.78 is 0.996. The molecule has 0 radical (unpaired) electrons. The summed E-state index contributed by atoms with van der Waals surface area (Å²) in [6.07, 6.45) is 0.819. The molecule has 4 heteroatoms. The van der Waals surface area contributed by atoms with Crippen molar-refractivity contribution in [2.24, 2.45) is 11.0 Å². The molecule has 16 heavy (non-hydrogen) atoms. The molecule has 1 heterocycles. The van der Waals surface area contributed by atoms with Crippen molar-refractivity contribution in [2.45, 2.75) is 20.3 Å². The van der Waals surface area contributed by atoms with Crippen LogP contribution in [0.3, 0.4) is 0 Å². The van der Waals surface area contributed by atoms with E-state index in [1.165, 1.54) is 5.01 Å². The topological polar surface area (TPSA) is 32.7 Å². The van der Waals surface area contributed by atoms with E-state index in [0.29, 0.717) is 0 Å². The maximum absolute atomic E-state index is 12.0. The summed E-state index contributed by atoms with van der Waals surface area (Å²) in [6, 6.07) is 7.59. The Hall–Kier alpha value is -1.16. The lowest BCUT2D eigenvalue weighted by molar-refractivity contribution is -0.119. The fourth-order valence-corrected chi connectivity index (χ4v) is 2.00. The van der Waals surface area contributed by atoms with Gasteiger partial charge in [0.1, 0.15) is 0 Å². The van der Waals surface area contributed by atoms with Crippen molar-refractivity contribution in [2.75, 3.05) is 5.01 Å². The van der Waals surface area contributed by atoms with Crippen molar-refractivity contribution in [3.8, 4) is 0 Å². The second-order valence-corrected chi connectivity index (χ2v) is 4.71. The third-order valence-electron chi connectivity index (χ3n) is 2.74. The molecule has 84 valence electrons. The van der Waals surface area contributed by atoms with Gasteiger partial charge < -0.3 is 0 Å². The van der Waals surface area contributed by atoms with Crippen molar-refractivity contribution in [3.63, 3.8) is 0 Å². The summed E-state index contributed by atoms with van der Waals surface area (Å²) in [5, 5.41) is 5.85. The van der Waals surface area contributed by atoms with Crippen LogP contribution in [0.25, 0.3) is 0 Å². The Morgan fingerprint density at radius 3 is 2.50 bits per heavy atom. The number of hydrogen-bond donors (Lipinski definition) is 0. The van der Waals surface area contributed by atoms with Gasteiger partial charge in [0, 0.05) is 4.47 Å². The first-order valence-corrected chi connectivity index (χ1v) is 6.09. The average molecular weight is 281 g/mol. The van der Waals surface area contributed by atoms with Gasteiger partial charge in [0.05, 0.1) is 17.3 Å². The molecule has 0 bridgehead atoms. The van der Waals surface area contributed by atoms with E-state index in [-0.39, 0.29) is 11.8 Å². The Morgan fingerprint density at radius 2 is 2.00 bits per heavy atom. The number of carbonyl (C=O) groups excluding carboxylic acids is 1. The number of amides is 1. The molecule has 3 nitrogen and oxygen atoms in total. The first-order valence-electron chi connectivity index (χ1n) is 5.30. The van der Waals surface area contributed by atoms with Crippen LogP contribution in [0.5, 0.6) is 0 Å². The molecule has 1 aromatic rings. The number of benzene rings is 1. The standard InChI is InChI=1S/C12H13BrN2O/c1-3-11-8(2)12(16)15(14-11)10-6-4-9(13)5-7-10/h4-8H,3H2,1-2H3. The largest absolute Gasteiger partial charge is 0.272 e. The minimum Gasteiger partial charge on any atom is -0.272 e. The van der Waals surface area contributed by atoms with E-state index in [1.807, 2.05) is 38.1 Å². The maximum Gasteiger partial charge on any atom is 0.255 e. The van der Waals surface area contributed by atoms with Crippen molar-refractivity contribution >= 4 is 33.2 Å². The second-order valence-electron chi connectivity index (χ2n) is 3.79. The van der Waals surface area contributed by atoms with Gasteiger partial charge in [-0.25, -0.2) is 5.01 Å². The molecule has 0 aromatic heterocycles. The predicted molar refractivity (Wildman–Crippen MR) is 68.5 cm³/mol. The van der Waals surface area contributed by atoms with Crippen molar-refractivity contribution in [3.05, 3.63) is 28.7 Å². The first kappa shape index (κ1) is 11.3. The van der Waals surface area contributed by atoms with Crippen LogP contribution >= 0.6 is 15.9 Å². The highest BCUT2D eigenvalue weighted by molar-refractivity contribution is 9.10. The highest BCUT2D eigenvalue weighted by atomic mass is 79.9. The lowest BCUT2D eigenvalue weighted by Gasteiger charge is -2.12. The molecule has 1 atom stereocenters. The fourth-order valence-electron chi connectivity index (χ4n) is 1.73. The van der Waals surface area contributed by atoms with Gasteiger partial charge in [0.2, 0.25) is 0 Å². The van der Waals surface area contributed by atoms with Crippen molar-refractivity contribution in [1.82, 2.24) is 0 Å². The summed E-state index contributed by atoms with van der Waals surface area (Å²) in [5.74, 6) is -0.0344. The molecule has 1 amide bonds. The summed E-state index contributed by atoms with van der Waals surface area (Å²) in [7, 11) is 0. The average Bonchev–Trinajstić information content (AvgIpc) is 2.57. The highest BCUT2D eigenvalue weighted by Gasteiger charge is 2.31. The van der Waals surface area contributed by atoms with Gasteiger partial charge in [0.25, 0.3) is 5.91 Å². The smallest absolute Gasteiger partial charge is 0.255 e. The van der Waals surface area contributed by atoms with Gasteiger partial charge in [0.15, 0.2) is 0 Å². The van der Waals surface area contributed by atoms with Crippen LogP contribution in [0.4, 0.5) is 5.69 Å². The summed E-state index contributed by atoms with van der Waals surface area (Å²) in [4.78, 5) is 12.0. The zero-order valence-electron chi connectivity index (χ0n) is 9.27. The van der Waals surface area contributed by atoms with Crippen LogP contribution in [0.1, 0.15) is 20.3 Å². The third kappa shape index (κ3) is 1.89. The quantitative estimate of drug-likeness (QED) is 0.819. The molecule has 0 fully saturated rings. The number of hydrogen-bond acceptors (Lipinski definition) is 2. The summed E-state index contributed by atoms with van der Waals surface area (Å²) >= 11 is 3.37. The molecule has 0 N–H and O–H groups in total. The summed E-state index contributed by atoms with van der Waals surface area (Å²) in [5.41, 5.74) is 1.77. The van der Waals surface area contributed by atoms with Crippen LogP contribution < -0.4 is 5.01 Å². The number of halogens is 1. The van der Waals surface area contributed by atoms with E-state index < -0.39 is 0 Å². The van der Waals surface area contributed by atoms with Crippen molar-refractivity contribution in [1.29, 1.82) is 0 Å². The van der Waals surface area contributed by atoms with E-state index in [9.17, 15) is 4.79 Å². The number of carbonyl (C=O) groups is 1. The molecule has 2 rings (SSSR count). The predicted octanol–water partition coefficient (Wildman–Crippen LogP) is 3.20. The molecule has 0 aliphatic carbocycles. The number of rotatable bonds is 2. The third-order valence-corrected chi connectivity index (χ3v) is 3.27. The minimum absolute atomic E-state index is 0.0548. The molecular weight excluding hydrogens is 268 g/mol. The van der Waals surface area contributed by atoms with Crippen LogP contribution in [0, 0.1) is 5.92 Å². The van der Waals surface area contributed by atoms with Gasteiger partial charge in [-0.05, 0) is 37.6 Å². The van der Waals surface area contributed by atoms with Crippen molar-refractivity contribution < 1.29 is 4.79 Å². The van der Waals surface area contributed by atoms with Crippen LogP contribution in [0.2, 0.25) is 0 Å². The molecule has 1 aromatic carbocycles. The molecule has 0 spiro atoms. The van der Waals surface area contributed by atoms with Gasteiger partial charge in [-0.1, -0.05) is 22.9 Å². The number of anilines is 1. The molecule has 0 saturated heterocycles. The first-order chi connectivity index (χ1) is 7.63. The van der Waals surface area contributed by atoms with Gasteiger partial charge in [-0.2, -0.15) is 5.10 Å². The highest BCUT2D eigenvalue weighted by Crippen LogP contribution is 2.25. The zero-order chi connectivity index (χ0) is 11.7. The van der Waals surface area contributed by atoms with Gasteiger partial charge >= 0.3 is 0 Å². The van der Waals surface area contributed by atoms with E-state index in [1.54, 1.807) is 0 Å². The Bertz CT molecular complexity index is 439. The van der Waals surface area contributed by atoms with Crippen LogP contribution in [-0.4, -0.2) is 11.6 Å². The van der Waals surface area contributed by atoms with E-state index in [0.717, 1.165) is 22.3 Å². The Labute approximate surface area is 103 Å². The van der Waals surface area contributed by atoms with Crippen LogP contribution in [-0.2, 0) is 4.79 Å². The molecule has 1 unspecified atom stereocenters. The normalized spacial score (nSPS) is 20.2. The Balaban J connectivity index is 2.32. The molecule has 1 aliphatic rings. The fraction of sp³-hybridized carbons (Fsp3) is 0.333. The molecule has 0 saturated carbocycles. The lowest BCUT2D eigenvalue weighted by Crippen LogP contribution is -2.25. The number of hydrazone groups is 1. The SMILES string of the molecule is CCC1=NN(c2ccc(Br)cc2)C(=O)C1C. The van der Waals surface area contributed by atoms with E-state index in [2.05, 4.69) is 21.0 Å². The van der Waals surface area contributed by atoms with Gasteiger partial charge in [-0.15, -0.1) is 0 Å². The molecule has 1 aliphatic heterocycles. The second kappa shape index (κ2) is 4.37. The van der Waals surface area contributed by atoms with Gasteiger partial charge in [-0.3, -0.25) is 4.79 Å². The van der Waals surface area contributed by atoms with Crippen LogP contribution in [0.15, 0.2) is 33.8 Å². The zero-order valence-corrected chi connectivity index (χ0v) is 10.9. The minimum atomic E-state index is -0.0892. The summed E-state index contributed by atoms with van der Waals surface area (Å²) in [6.45, 7) is 3.93.